The zero-order valence-electron chi connectivity index (χ0n) is 24.7. The predicted molar refractivity (Wildman–Crippen MR) is 174 cm³/mol. The lowest BCUT2D eigenvalue weighted by molar-refractivity contribution is 0.101. The lowest BCUT2D eigenvalue weighted by Gasteiger charge is -2.11. The average Bonchev–Trinajstić information content (AvgIpc) is 3.03. The standard InChI is InChI=1S/C15H8ClF4NO3S.C8H9N.C7Cl2F4O3S/c1-2-7-3-5-8(6-4-7)21-15(22)9-10(17)12(19)14(25(16,23)24)13(20)11(9)18;1-2-7-3-5-8(9)6-4-7;8-7(14)1-2(10)4(12)6(17(9,15)16)5(13)3(1)11/h2-6H,1H2,(H,21,22);2-6H,1,9H2;. The Bertz CT molecular complexity index is 2200. The van der Waals surface area contributed by atoms with Crippen molar-refractivity contribution >= 4 is 85.7 Å². The molecule has 0 saturated heterocycles. The van der Waals surface area contributed by atoms with Crippen LogP contribution >= 0.6 is 33.0 Å². The van der Waals surface area contributed by atoms with Gasteiger partial charge in [-0.25, -0.2) is 52.0 Å². The molecule has 0 heterocycles. The summed E-state index contributed by atoms with van der Waals surface area (Å²) >= 11 is 4.69. The van der Waals surface area contributed by atoms with Crippen LogP contribution in [0.3, 0.4) is 0 Å². The second kappa shape index (κ2) is 17.1. The fourth-order valence-electron chi connectivity index (χ4n) is 3.55. The minimum Gasteiger partial charge on any atom is -0.399 e. The Morgan fingerprint density at radius 2 is 0.902 bits per heavy atom. The van der Waals surface area contributed by atoms with Crippen LogP contribution in [0, 0.1) is 46.5 Å². The first-order valence-corrected chi connectivity index (χ1v) is 17.8. The second-order valence-electron chi connectivity index (χ2n) is 9.22. The van der Waals surface area contributed by atoms with Crippen LogP contribution in [-0.4, -0.2) is 28.0 Å². The Morgan fingerprint density at radius 3 is 1.20 bits per heavy atom. The van der Waals surface area contributed by atoms with Crippen molar-refractivity contribution in [3.05, 3.63) is 130 Å². The van der Waals surface area contributed by atoms with Gasteiger partial charge in [-0.1, -0.05) is 49.6 Å². The van der Waals surface area contributed by atoms with E-state index in [0.717, 1.165) is 11.3 Å². The molecule has 1 amide bonds. The fourth-order valence-corrected chi connectivity index (χ4v) is 5.74. The summed E-state index contributed by atoms with van der Waals surface area (Å²) in [6, 6.07) is 13.3. The molecule has 21 heteroatoms. The van der Waals surface area contributed by atoms with Crippen molar-refractivity contribution in [3.63, 3.8) is 0 Å². The highest BCUT2D eigenvalue weighted by molar-refractivity contribution is 8.14. The van der Waals surface area contributed by atoms with Crippen LogP contribution in [-0.2, 0) is 18.1 Å². The van der Waals surface area contributed by atoms with Gasteiger partial charge >= 0.3 is 0 Å². The van der Waals surface area contributed by atoms with Crippen molar-refractivity contribution in [1.29, 1.82) is 0 Å². The number of amides is 1. The maximum absolute atomic E-state index is 13.9. The Kier molecular flexibility index (Phi) is 14.3. The number of hydrogen-bond donors (Lipinski definition) is 2. The Labute approximate surface area is 297 Å². The molecule has 0 fully saturated rings. The first-order valence-electron chi connectivity index (χ1n) is 12.8. The quantitative estimate of drug-likeness (QED) is 0.0824. The highest BCUT2D eigenvalue weighted by Crippen LogP contribution is 2.31. The van der Waals surface area contributed by atoms with Crippen LogP contribution in [0.25, 0.3) is 12.2 Å². The van der Waals surface area contributed by atoms with Crippen molar-refractivity contribution in [2.45, 2.75) is 9.79 Å². The summed E-state index contributed by atoms with van der Waals surface area (Å²) in [5, 5.41) is 0.212. The molecule has 0 bridgehead atoms. The highest BCUT2D eigenvalue weighted by atomic mass is 35.7. The minimum atomic E-state index is -5.12. The molecular weight excluding hydrogens is 807 g/mol. The molecule has 0 atom stereocenters. The largest absolute Gasteiger partial charge is 0.399 e. The molecule has 4 aromatic rings. The van der Waals surface area contributed by atoms with Gasteiger partial charge in [0.1, 0.15) is 11.1 Å². The normalized spacial score (nSPS) is 11.0. The number of nitrogen functional groups attached to an aromatic ring is 1. The first-order chi connectivity index (χ1) is 23.5. The number of nitrogens with one attached hydrogen (secondary N) is 1. The summed E-state index contributed by atoms with van der Waals surface area (Å²) < 4.78 is 151. The fraction of sp³-hybridized carbons (Fsp3) is 0. The van der Waals surface area contributed by atoms with E-state index in [4.69, 9.17) is 16.4 Å². The van der Waals surface area contributed by atoms with Crippen LogP contribution in [0.2, 0.25) is 0 Å². The molecule has 4 aromatic carbocycles. The molecule has 4 rings (SSSR count). The van der Waals surface area contributed by atoms with Crippen molar-refractivity contribution in [2.75, 3.05) is 11.1 Å². The molecule has 0 aliphatic heterocycles. The summed E-state index contributed by atoms with van der Waals surface area (Å²) in [5.41, 5.74) is 4.75. The van der Waals surface area contributed by atoms with Gasteiger partial charge in [0, 0.05) is 32.7 Å². The molecule has 8 nitrogen and oxygen atoms in total. The van der Waals surface area contributed by atoms with Gasteiger partial charge in [0.25, 0.3) is 29.3 Å². The SMILES string of the molecule is C=Cc1ccc(N)cc1.C=Cc1ccc(NC(=O)c2c(F)c(F)c(S(=O)(=O)Cl)c(F)c2F)cc1.O=C(Cl)c1c(F)c(F)c(S(=O)(=O)Cl)c(F)c1F. The van der Waals surface area contributed by atoms with Crippen molar-refractivity contribution in [2.24, 2.45) is 0 Å². The van der Waals surface area contributed by atoms with E-state index >= 15 is 0 Å². The lowest BCUT2D eigenvalue weighted by Crippen LogP contribution is -2.20. The lowest BCUT2D eigenvalue weighted by atomic mass is 10.1. The molecular formula is C30H17Cl3F8N2O6S2. The van der Waals surface area contributed by atoms with Gasteiger partial charge in [-0.05, 0) is 47.0 Å². The number of benzene rings is 4. The van der Waals surface area contributed by atoms with Crippen LogP contribution in [0.5, 0.6) is 0 Å². The summed E-state index contributed by atoms with van der Waals surface area (Å²) in [6.45, 7) is 7.13. The van der Waals surface area contributed by atoms with Crippen molar-refractivity contribution in [3.8, 4) is 0 Å². The van der Waals surface area contributed by atoms with Gasteiger partial charge in [0.05, 0.1) is 0 Å². The summed E-state index contributed by atoms with van der Waals surface area (Å²) in [5.74, 6) is -19.6. The van der Waals surface area contributed by atoms with Gasteiger partial charge in [-0.2, -0.15) is 0 Å². The molecule has 3 N–H and O–H groups in total. The third-order valence-electron chi connectivity index (χ3n) is 5.93. The number of anilines is 2. The van der Waals surface area contributed by atoms with E-state index in [9.17, 15) is 61.5 Å². The van der Waals surface area contributed by atoms with Gasteiger partial charge in [0.2, 0.25) is 0 Å². The maximum Gasteiger partial charge on any atom is 0.267 e. The van der Waals surface area contributed by atoms with Crippen LogP contribution in [0.1, 0.15) is 31.8 Å². The van der Waals surface area contributed by atoms with E-state index < -0.39 is 96.7 Å². The summed E-state index contributed by atoms with van der Waals surface area (Å²) in [4.78, 5) is 18.4. The van der Waals surface area contributed by atoms with Crippen molar-refractivity contribution in [1.82, 2.24) is 0 Å². The van der Waals surface area contributed by atoms with E-state index in [1.54, 1.807) is 6.08 Å². The maximum atomic E-state index is 13.9. The number of carbonyl (C=O) groups excluding carboxylic acids is 2. The predicted octanol–water partition coefficient (Wildman–Crippen LogP) is 8.53. The topological polar surface area (TPSA) is 140 Å². The second-order valence-corrected chi connectivity index (χ2v) is 14.6. The molecule has 0 aliphatic carbocycles. The number of carbonyl (C=O) groups is 2. The molecule has 0 saturated carbocycles. The summed E-state index contributed by atoms with van der Waals surface area (Å²) in [7, 11) is -0.841. The van der Waals surface area contributed by atoms with Crippen LogP contribution in [0.15, 0.2) is 71.5 Å². The average molecular weight is 824 g/mol. The van der Waals surface area contributed by atoms with Gasteiger partial charge in [-0.15, -0.1) is 0 Å². The van der Waals surface area contributed by atoms with Crippen LogP contribution in [0.4, 0.5) is 46.5 Å². The van der Waals surface area contributed by atoms with Gasteiger partial charge in [0.15, 0.2) is 56.3 Å². The summed E-state index contributed by atoms with van der Waals surface area (Å²) in [6.07, 6.45) is 3.29. The first kappa shape index (κ1) is 42.7. The molecule has 0 aliphatic rings. The molecule has 272 valence electrons. The van der Waals surface area contributed by atoms with Crippen molar-refractivity contribution < 1.29 is 61.5 Å². The number of rotatable bonds is 7. The molecule has 0 aromatic heterocycles. The third-order valence-corrected chi connectivity index (χ3v) is 8.74. The molecule has 0 spiro atoms. The monoisotopic (exact) mass is 822 g/mol. The zero-order chi connectivity index (χ0) is 39.2. The van der Waals surface area contributed by atoms with E-state index in [1.165, 1.54) is 30.3 Å². The number of halogens is 11. The van der Waals surface area contributed by atoms with E-state index in [2.05, 4.69) is 35.4 Å². The smallest absolute Gasteiger partial charge is 0.267 e. The molecule has 51 heavy (non-hydrogen) atoms. The minimum absolute atomic E-state index is 0.0734. The third kappa shape index (κ3) is 10.3. The Morgan fingerprint density at radius 1 is 0.588 bits per heavy atom. The van der Waals surface area contributed by atoms with E-state index in [-0.39, 0.29) is 5.69 Å². The Hall–Kier alpha value is -4.49. The van der Waals surface area contributed by atoms with E-state index in [0.29, 0.717) is 5.56 Å². The van der Waals surface area contributed by atoms with Gasteiger partial charge < -0.3 is 11.1 Å². The van der Waals surface area contributed by atoms with E-state index in [1.807, 2.05) is 29.6 Å². The Balaban J connectivity index is 0.000000297. The van der Waals surface area contributed by atoms with Gasteiger partial charge in [-0.3, -0.25) is 9.59 Å². The molecule has 0 radical (unpaired) electrons. The number of hydrogen-bond acceptors (Lipinski definition) is 7. The zero-order valence-corrected chi connectivity index (χ0v) is 28.6. The highest BCUT2D eigenvalue weighted by Gasteiger charge is 2.35. The van der Waals surface area contributed by atoms with Crippen LogP contribution < -0.4 is 11.1 Å². The molecule has 0 unspecified atom stereocenters. The number of nitrogens with two attached hydrogens (primary N) is 1.